The van der Waals surface area contributed by atoms with E-state index in [-0.39, 0.29) is 11.4 Å². The monoisotopic (exact) mass is 295 g/mol. The second-order valence-electron chi connectivity index (χ2n) is 4.94. The van der Waals surface area contributed by atoms with E-state index in [1.165, 1.54) is 4.57 Å². The SMILES string of the molecule is COc1ccc(NC(=O)c2c([O-])n(C)c3ccccc23)cc1. The van der Waals surface area contributed by atoms with E-state index in [9.17, 15) is 9.90 Å². The standard InChI is InChI=1S/C17H16N2O3/c1-19-14-6-4-3-5-13(14)15(17(19)21)16(20)18-11-7-9-12(22-2)10-8-11/h3-10,21H,1-2H3,(H,18,20)/p-1. The molecule has 3 rings (SSSR count). The van der Waals surface area contributed by atoms with E-state index in [0.29, 0.717) is 16.8 Å². The molecule has 3 aromatic rings. The number of fused-ring (bicyclic) bond motifs is 1. The van der Waals surface area contributed by atoms with Gasteiger partial charge in [-0.3, -0.25) is 4.79 Å². The Balaban J connectivity index is 1.96. The molecule has 1 N–H and O–H groups in total. The summed E-state index contributed by atoms with van der Waals surface area (Å²) < 4.78 is 6.56. The zero-order valence-corrected chi connectivity index (χ0v) is 12.3. The maximum atomic E-state index is 12.5. The summed E-state index contributed by atoms with van der Waals surface area (Å²) in [5, 5.41) is 15.7. The highest BCUT2D eigenvalue weighted by Crippen LogP contribution is 2.29. The van der Waals surface area contributed by atoms with Gasteiger partial charge >= 0.3 is 0 Å². The highest BCUT2D eigenvalue weighted by molar-refractivity contribution is 6.15. The van der Waals surface area contributed by atoms with Crippen LogP contribution in [0.25, 0.3) is 10.9 Å². The lowest BCUT2D eigenvalue weighted by atomic mass is 10.1. The number of ether oxygens (including phenoxy) is 1. The third-order valence-electron chi connectivity index (χ3n) is 3.63. The molecule has 1 aromatic heterocycles. The molecule has 0 fully saturated rings. The van der Waals surface area contributed by atoms with E-state index >= 15 is 0 Å². The number of carbonyl (C=O) groups is 1. The van der Waals surface area contributed by atoms with Gasteiger partial charge in [-0.1, -0.05) is 18.2 Å². The van der Waals surface area contributed by atoms with Gasteiger partial charge in [-0.2, -0.15) is 0 Å². The first kappa shape index (κ1) is 14.0. The number of hydrogen-bond acceptors (Lipinski definition) is 3. The van der Waals surface area contributed by atoms with Crippen molar-refractivity contribution in [1.82, 2.24) is 4.57 Å². The van der Waals surface area contributed by atoms with Crippen molar-refractivity contribution < 1.29 is 14.6 Å². The van der Waals surface area contributed by atoms with Crippen LogP contribution in [0, 0.1) is 0 Å². The van der Waals surface area contributed by atoms with Gasteiger partial charge in [0.2, 0.25) is 0 Å². The van der Waals surface area contributed by atoms with E-state index in [1.807, 2.05) is 18.2 Å². The first-order valence-corrected chi connectivity index (χ1v) is 6.81. The first-order chi connectivity index (χ1) is 10.6. The van der Waals surface area contributed by atoms with Crippen LogP contribution in [0.5, 0.6) is 11.6 Å². The van der Waals surface area contributed by atoms with E-state index in [4.69, 9.17) is 4.74 Å². The Bertz CT molecular complexity index is 835. The third kappa shape index (κ3) is 2.26. The van der Waals surface area contributed by atoms with Crippen molar-refractivity contribution in [2.45, 2.75) is 0 Å². The van der Waals surface area contributed by atoms with Crippen LogP contribution in [-0.4, -0.2) is 17.6 Å². The number of carbonyl (C=O) groups excluding carboxylic acids is 1. The molecule has 1 heterocycles. The zero-order valence-electron chi connectivity index (χ0n) is 12.3. The molecule has 2 aromatic carbocycles. The number of rotatable bonds is 3. The number of nitrogens with one attached hydrogen (secondary N) is 1. The molecule has 1 amide bonds. The van der Waals surface area contributed by atoms with E-state index < -0.39 is 5.91 Å². The summed E-state index contributed by atoms with van der Waals surface area (Å²) in [6.45, 7) is 0. The molecule has 0 saturated carbocycles. The van der Waals surface area contributed by atoms with Crippen LogP contribution in [0.4, 0.5) is 5.69 Å². The quantitative estimate of drug-likeness (QED) is 0.807. The number of amides is 1. The van der Waals surface area contributed by atoms with Gasteiger partial charge in [-0.25, -0.2) is 0 Å². The minimum absolute atomic E-state index is 0.161. The number of aromatic nitrogens is 1. The Kier molecular flexibility index (Phi) is 3.47. The summed E-state index contributed by atoms with van der Waals surface area (Å²) in [4.78, 5) is 12.5. The maximum absolute atomic E-state index is 12.5. The summed E-state index contributed by atoms with van der Waals surface area (Å²) in [6.07, 6.45) is 0. The molecule has 0 saturated heterocycles. The minimum Gasteiger partial charge on any atom is -0.859 e. The van der Waals surface area contributed by atoms with Crippen LogP contribution in [0.3, 0.4) is 0 Å². The smallest absolute Gasteiger partial charge is 0.257 e. The summed E-state index contributed by atoms with van der Waals surface area (Å²) in [7, 11) is 3.24. The second kappa shape index (κ2) is 5.44. The summed E-state index contributed by atoms with van der Waals surface area (Å²) in [6, 6.07) is 14.2. The maximum Gasteiger partial charge on any atom is 0.257 e. The number of nitrogens with zero attached hydrogens (tertiary/aromatic N) is 1. The molecule has 0 spiro atoms. The lowest BCUT2D eigenvalue weighted by Crippen LogP contribution is -2.14. The number of aryl methyl sites for hydroxylation is 1. The predicted molar refractivity (Wildman–Crippen MR) is 83.3 cm³/mol. The van der Waals surface area contributed by atoms with Crippen molar-refractivity contribution >= 4 is 22.5 Å². The van der Waals surface area contributed by atoms with Gasteiger partial charge in [0.15, 0.2) is 0 Å². The Morgan fingerprint density at radius 1 is 1.14 bits per heavy atom. The van der Waals surface area contributed by atoms with Gasteiger partial charge < -0.3 is 19.7 Å². The number of para-hydroxylation sites is 1. The molecule has 0 bridgehead atoms. The van der Waals surface area contributed by atoms with Crippen LogP contribution in [0.15, 0.2) is 48.5 Å². The molecular weight excluding hydrogens is 280 g/mol. The molecule has 5 heteroatoms. The van der Waals surface area contributed by atoms with Crippen LogP contribution < -0.4 is 15.2 Å². The zero-order chi connectivity index (χ0) is 15.7. The van der Waals surface area contributed by atoms with Gasteiger partial charge in [0.1, 0.15) is 5.75 Å². The summed E-state index contributed by atoms with van der Waals surface area (Å²) >= 11 is 0. The first-order valence-electron chi connectivity index (χ1n) is 6.81. The Morgan fingerprint density at radius 3 is 2.50 bits per heavy atom. The fraction of sp³-hybridized carbons (Fsp3) is 0.118. The fourth-order valence-electron chi connectivity index (χ4n) is 2.46. The Hall–Kier alpha value is -2.95. The lowest BCUT2D eigenvalue weighted by Gasteiger charge is -2.12. The van der Waals surface area contributed by atoms with Crippen molar-refractivity contribution in [2.24, 2.45) is 7.05 Å². The van der Waals surface area contributed by atoms with Crippen molar-refractivity contribution in [3.63, 3.8) is 0 Å². The Labute approximate surface area is 127 Å². The van der Waals surface area contributed by atoms with E-state index in [1.54, 1.807) is 44.5 Å². The van der Waals surface area contributed by atoms with E-state index in [2.05, 4.69) is 5.32 Å². The molecule has 0 aliphatic carbocycles. The van der Waals surface area contributed by atoms with E-state index in [0.717, 1.165) is 5.52 Å². The van der Waals surface area contributed by atoms with Crippen molar-refractivity contribution in [1.29, 1.82) is 0 Å². The van der Waals surface area contributed by atoms with Gasteiger partial charge in [0.25, 0.3) is 5.91 Å². The molecular formula is C17H15N2O3-. The van der Waals surface area contributed by atoms with Crippen LogP contribution in [-0.2, 0) is 7.05 Å². The van der Waals surface area contributed by atoms with Crippen LogP contribution in [0.2, 0.25) is 0 Å². The van der Waals surface area contributed by atoms with Gasteiger partial charge in [-0.05, 0) is 36.2 Å². The number of methoxy groups -OCH3 is 1. The summed E-state index contributed by atoms with van der Waals surface area (Å²) in [5.41, 5.74) is 1.51. The molecule has 0 unspecified atom stereocenters. The molecule has 0 radical (unpaired) electrons. The predicted octanol–water partition coefficient (Wildman–Crippen LogP) is 2.51. The van der Waals surface area contributed by atoms with Crippen molar-refractivity contribution in [3.8, 4) is 11.6 Å². The highest BCUT2D eigenvalue weighted by Gasteiger charge is 2.15. The summed E-state index contributed by atoms with van der Waals surface area (Å²) in [5.74, 6) is -0.00754. The molecule has 22 heavy (non-hydrogen) atoms. The second-order valence-corrected chi connectivity index (χ2v) is 4.94. The van der Waals surface area contributed by atoms with Crippen LogP contribution >= 0.6 is 0 Å². The van der Waals surface area contributed by atoms with Crippen molar-refractivity contribution in [3.05, 3.63) is 54.1 Å². The number of anilines is 1. The van der Waals surface area contributed by atoms with Crippen LogP contribution in [0.1, 0.15) is 10.4 Å². The van der Waals surface area contributed by atoms with Gasteiger partial charge in [0, 0.05) is 23.6 Å². The van der Waals surface area contributed by atoms with Crippen molar-refractivity contribution in [2.75, 3.05) is 12.4 Å². The Morgan fingerprint density at radius 2 is 1.82 bits per heavy atom. The lowest BCUT2D eigenvalue weighted by molar-refractivity contribution is -0.278. The average molecular weight is 295 g/mol. The molecule has 0 aliphatic rings. The minimum atomic E-state index is -0.410. The largest absolute Gasteiger partial charge is 0.859 e. The molecule has 5 nitrogen and oxygen atoms in total. The highest BCUT2D eigenvalue weighted by atomic mass is 16.5. The molecule has 0 atom stereocenters. The number of benzene rings is 2. The third-order valence-corrected chi connectivity index (χ3v) is 3.63. The number of hydrogen-bond donors (Lipinski definition) is 1. The van der Waals surface area contributed by atoms with Gasteiger partial charge in [0.05, 0.1) is 12.7 Å². The average Bonchev–Trinajstić information content (AvgIpc) is 2.80. The molecule has 0 aliphatic heterocycles. The normalized spacial score (nSPS) is 10.6. The molecule has 112 valence electrons. The fourth-order valence-corrected chi connectivity index (χ4v) is 2.46. The van der Waals surface area contributed by atoms with Gasteiger partial charge in [-0.15, -0.1) is 0 Å². The topological polar surface area (TPSA) is 66.3 Å².